The van der Waals surface area contributed by atoms with Crippen LogP contribution < -0.4 is 10.3 Å². The summed E-state index contributed by atoms with van der Waals surface area (Å²) in [7, 11) is 1.56. The molecule has 1 heterocycles. The van der Waals surface area contributed by atoms with Crippen molar-refractivity contribution in [2.24, 2.45) is 13.0 Å². The van der Waals surface area contributed by atoms with Crippen molar-refractivity contribution >= 4 is 11.8 Å². The molecule has 1 aliphatic carbocycles. The molecule has 5 heteroatoms. The maximum absolute atomic E-state index is 13.9. The van der Waals surface area contributed by atoms with Crippen LogP contribution in [0.15, 0.2) is 40.2 Å². The van der Waals surface area contributed by atoms with E-state index in [9.17, 15) is 9.18 Å². The van der Waals surface area contributed by atoms with Gasteiger partial charge >= 0.3 is 0 Å². The second kappa shape index (κ2) is 6.79. The summed E-state index contributed by atoms with van der Waals surface area (Å²) in [6.45, 7) is 2.79. The van der Waals surface area contributed by atoms with Crippen molar-refractivity contribution in [2.75, 3.05) is 12.4 Å². The smallest absolute Gasteiger partial charge is 0.286 e. The van der Waals surface area contributed by atoms with Gasteiger partial charge in [0.25, 0.3) is 5.56 Å². The molecule has 1 saturated carbocycles. The van der Waals surface area contributed by atoms with Crippen LogP contribution in [0.5, 0.6) is 5.75 Å². The Kier molecular flexibility index (Phi) is 4.76. The second-order valence-electron chi connectivity index (χ2n) is 5.84. The first-order valence-corrected chi connectivity index (χ1v) is 8.83. The fourth-order valence-corrected chi connectivity index (χ4v) is 3.13. The maximum Gasteiger partial charge on any atom is 0.286 e. The van der Waals surface area contributed by atoms with Crippen molar-refractivity contribution in [3.8, 4) is 16.9 Å². The van der Waals surface area contributed by atoms with Crippen LogP contribution in [0, 0.1) is 11.7 Å². The molecule has 0 aliphatic heterocycles. The molecule has 0 saturated heterocycles. The molecule has 122 valence electrons. The van der Waals surface area contributed by atoms with Gasteiger partial charge in [-0.15, -0.1) is 11.8 Å². The van der Waals surface area contributed by atoms with Gasteiger partial charge in [0.05, 0.1) is 6.61 Å². The molecule has 0 N–H and O–H groups in total. The van der Waals surface area contributed by atoms with Crippen molar-refractivity contribution in [1.29, 1.82) is 0 Å². The number of hydrogen-bond donors (Lipinski definition) is 0. The third kappa shape index (κ3) is 3.78. The first-order chi connectivity index (χ1) is 11.1. The maximum atomic E-state index is 13.9. The van der Waals surface area contributed by atoms with Crippen LogP contribution in [0.4, 0.5) is 4.39 Å². The lowest BCUT2D eigenvalue weighted by molar-refractivity contribution is 0.301. The molecule has 3 nitrogen and oxygen atoms in total. The van der Waals surface area contributed by atoms with Crippen LogP contribution in [0.25, 0.3) is 11.1 Å². The van der Waals surface area contributed by atoms with Crippen LogP contribution in [0.2, 0.25) is 0 Å². The van der Waals surface area contributed by atoms with Crippen molar-refractivity contribution in [1.82, 2.24) is 4.57 Å². The van der Waals surface area contributed by atoms with E-state index in [0.29, 0.717) is 18.1 Å². The average molecular weight is 333 g/mol. The van der Waals surface area contributed by atoms with Crippen molar-refractivity contribution in [3.05, 3.63) is 46.6 Å². The number of pyridine rings is 1. The summed E-state index contributed by atoms with van der Waals surface area (Å²) in [4.78, 5) is 12.7. The lowest BCUT2D eigenvalue weighted by Crippen LogP contribution is -2.19. The van der Waals surface area contributed by atoms with E-state index < -0.39 is 11.4 Å². The van der Waals surface area contributed by atoms with E-state index in [1.807, 2.05) is 18.2 Å². The van der Waals surface area contributed by atoms with Gasteiger partial charge in [0.1, 0.15) is 5.75 Å². The van der Waals surface area contributed by atoms with E-state index >= 15 is 0 Å². The summed E-state index contributed by atoms with van der Waals surface area (Å²) in [5.41, 5.74) is 0.876. The molecular weight excluding hydrogens is 313 g/mol. The minimum atomic E-state index is -0.744. The quantitative estimate of drug-likeness (QED) is 0.746. The minimum absolute atomic E-state index is 0.617. The zero-order chi connectivity index (χ0) is 16.4. The van der Waals surface area contributed by atoms with Crippen LogP contribution in [-0.4, -0.2) is 16.9 Å². The molecule has 1 aromatic heterocycles. The van der Waals surface area contributed by atoms with E-state index in [-0.39, 0.29) is 0 Å². The predicted molar refractivity (Wildman–Crippen MR) is 91.7 cm³/mol. The zero-order valence-electron chi connectivity index (χ0n) is 13.3. The third-order valence-electron chi connectivity index (χ3n) is 3.88. The van der Waals surface area contributed by atoms with Gasteiger partial charge in [-0.2, -0.15) is 0 Å². The standard InChI is InChI=1S/C18H20FNO2S/c1-3-23-14-6-7-17(22-11-12-4-5-12)15(9-14)13-8-16(19)18(21)20(2)10-13/h6-10,12H,3-5,11H2,1-2H3. The molecule has 3 rings (SSSR count). The van der Waals surface area contributed by atoms with Gasteiger partial charge in [-0.25, -0.2) is 4.39 Å². The van der Waals surface area contributed by atoms with E-state index in [2.05, 4.69) is 6.92 Å². The predicted octanol–water partition coefficient (Wildman–Crippen LogP) is 4.09. The number of halogens is 1. The highest BCUT2D eigenvalue weighted by atomic mass is 32.2. The van der Waals surface area contributed by atoms with Crippen molar-refractivity contribution in [3.63, 3.8) is 0 Å². The Morgan fingerprint density at radius 3 is 2.78 bits per heavy atom. The van der Waals surface area contributed by atoms with Crippen molar-refractivity contribution in [2.45, 2.75) is 24.7 Å². The van der Waals surface area contributed by atoms with Crippen LogP contribution in [0.1, 0.15) is 19.8 Å². The summed E-state index contributed by atoms with van der Waals surface area (Å²) in [6, 6.07) is 7.27. The van der Waals surface area contributed by atoms with Gasteiger partial charge in [0.2, 0.25) is 0 Å². The summed E-state index contributed by atoms with van der Waals surface area (Å²) in [6.07, 6.45) is 4.09. The number of benzene rings is 1. The zero-order valence-corrected chi connectivity index (χ0v) is 14.2. The fraction of sp³-hybridized carbons (Fsp3) is 0.389. The number of thioether (sulfide) groups is 1. The fourth-order valence-electron chi connectivity index (χ4n) is 2.43. The summed E-state index contributed by atoms with van der Waals surface area (Å²) < 4.78 is 21.1. The summed E-state index contributed by atoms with van der Waals surface area (Å²) in [5.74, 6) is 1.61. The topological polar surface area (TPSA) is 31.2 Å². The molecule has 1 aliphatic rings. The molecule has 0 spiro atoms. The van der Waals surface area contributed by atoms with Crippen LogP contribution in [-0.2, 0) is 7.05 Å². The molecule has 1 fully saturated rings. The van der Waals surface area contributed by atoms with Gasteiger partial charge < -0.3 is 9.30 Å². The largest absolute Gasteiger partial charge is 0.493 e. The number of ether oxygens (including phenoxy) is 1. The van der Waals surface area contributed by atoms with Crippen LogP contribution >= 0.6 is 11.8 Å². The minimum Gasteiger partial charge on any atom is -0.493 e. The van der Waals surface area contributed by atoms with Gasteiger partial charge in [0.15, 0.2) is 5.82 Å². The lowest BCUT2D eigenvalue weighted by atomic mass is 10.1. The van der Waals surface area contributed by atoms with E-state index in [1.165, 1.54) is 23.5 Å². The Labute approximate surface area is 139 Å². The first-order valence-electron chi connectivity index (χ1n) is 7.84. The number of hydrogen-bond acceptors (Lipinski definition) is 3. The lowest BCUT2D eigenvalue weighted by Gasteiger charge is -2.14. The molecular formula is C18H20FNO2S. The highest BCUT2D eigenvalue weighted by Gasteiger charge is 2.22. The van der Waals surface area contributed by atoms with E-state index in [1.54, 1.807) is 25.0 Å². The van der Waals surface area contributed by atoms with Crippen molar-refractivity contribution < 1.29 is 9.13 Å². The van der Waals surface area contributed by atoms with Gasteiger partial charge in [-0.05, 0) is 48.8 Å². The normalized spacial score (nSPS) is 14.0. The molecule has 0 unspecified atom stereocenters. The summed E-state index contributed by atoms with van der Waals surface area (Å²) >= 11 is 1.72. The van der Waals surface area contributed by atoms with Gasteiger partial charge in [-0.3, -0.25) is 4.79 Å². The van der Waals surface area contributed by atoms with Gasteiger partial charge in [-0.1, -0.05) is 6.92 Å². The van der Waals surface area contributed by atoms with Gasteiger partial charge in [0, 0.05) is 29.3 Å². The Morgan fingerprint density at radius 2 is 2.13 bits per heavy atom. The monoisotopic (exact) mass is 333 g/mol. The first kappa shape index (κ1) is 16.1. The molecule has 2 aromatic rings. The molecule has 0 atom stereocenters. The molecule has 23 heavy (non-hydrogen) atoms. The van der Waals surface area contributed by atoms with Crippen LogP contribution in [0.3, 0.4) is 0 Å². The Hall–Kier alpha value is -1.75. The number of nitrogens with zero attached hydrogens (tertiary/aromatic N) is 1. The number of aryl methyl sites for hydroxylation is 1. The molecule has 0 amide bonds. The summed E-state index contributed by atoms with van der Waals surface area (Å²) in [5, 5.41) is 0. The number of rotatable bonds is 6. The molecule has 0 radical (unpaired) electrons. The van der Waals surface area contributed by atoms with E-state index in [4.69, 9.17) is 4.74 Å². The van der Waals surface area contributed by atoms with E-state index in [0.717, 1.165) is 22.0 Å². The Bertz CT molecular complexity index is 742. The number of aromatic nitrogens is 1. The highest BCUT2D eigenvalue weighted by Crippen LogP contribution is 2.36. The Morgan fingerprint density at radius 1 is 1.35 bits per heavy atom. The second-order valence-corrected chi connectivity index (χ2v) is 7.18. The SMILES string of the molecule is CCSc1ccc(OCC2CC2)c(-c2cc(F)c(=O)n(C)c2)c1. The Balaban J connectivity index is 2.02. The average Bonchev–Trinajstić information content (AvgIpc) is 3.35. The molecule has 1 aromatic carbocycles. The molecule has 0 bridgehead atoms. The third-order valence-corrected chi connectivity index (χ3v) is 4.76. The highest BCUT2D eigenvalue weighted by molar-refractivity contribution is 7.99.